The van der Waals surface area contributed by atoms with Gasteiger partial charge in [-0.15, -0.1) is 5.10 Å². The number of aryl methyl sites for hydroxylation is 2. The van der Waals surface area contributed by atoms with Crippen LogP contribution in [0.15, 0.2) is 70.1 Å². The van der Waals surface area contributed by atoms with E-state index in [9.17, 15) is 9.59 Å². The third-order valence-electron chi connectivity index (χ3n) is 5.65. The molecule has 9 nitrogen and oxygen atoms in total. The van der Waals surface area contributed by atoms with E-state index in [1.807, 2.05) is 38.1 Å². The maximum absolute atomic E-state index is 13.0. The van der Waals surface area contributed by atoms with Crippen LogP contribution in [-0.4, -0.2) is 30.2 Å². The molecule has 0 spiro atoms. The summed E-state index contributed by atoms with van der Waals surface area (Å²) in [5, 5.41) is 11.9. The minimum Gasteiger partial charge on any atom is -0.333 e. The summed E-state index contributed by atoms with van der Waals surface area (Å²) in [7, 11) is 0. The number of benzene rings is 2. The molecule has 0 radical (unpaired) electrons. The van der Waals surface area contributed by atoms with Gasteiger partial charge in [0, 0.05) is 22.5 Å². The number of nitrogens with zero attached hydrogens (tertiary/aromatic N) is 5. The zero-order valence-corrected chi connectivity index (χ0v) is 19.8. The van der Waals surface area contributed by atoms with Crippen molar-refractivity contribution in [2.75, 3.05) is 5.32 Å². The SMILES string of the molecule is CCc1cccc(C)c1NC(=O)Cn1nc2c(-c3nc(-c4cccc(Cl)c4)no3)cccn2c1=O. The molecule has 2 aromatic carbocycles. The third kappa shape index (κ3) is 4.33. The summed E-state index contributed by atoms with van der Waals surface area (Å²) in [6, 6.07) is 16.3. The molecule has 0 fully saturated rings. The van der Waals surface area contributed by atoms with E-state index in [-0.39, 0.29) is 18.3 Å². The summed E-state index contributed by atoms with van der Waals surface area (Å²) in [5.41, 5.74) is 3.75. The maximum Gasteiger partial charge on any atom is 0.350 e. The first-order valence-corrected chi connectivity index (χ1v) is 11.4. The molecule has 0 bridgehead atoms. The van der Waals surface area contributed by atoms with Crippen molar-refractivity contribution in [1.82, 2.24) is 24.3 Å². The van der Waals surface area contributed by atoms with Gasteiger partial charge in [-0.1, -0.05) is 54.0 Å². The standard InChI is InChI=1S/C25H21ClN6O3/c1-3-16-8-4-7-15(2)21(16)27-20(33)14-32-25(34)31-12-6-11-19(23(31)29-32)24-28-22(30-35-24)17-9-5-10-18(26)13-17/h4-13H,3,14H2,1-2H3,(H,27,33). The van der Waals surface area contributed by atoms with Crippen molar-refractivity contribution < 1.29 is 9.32 Å². The fourth-order valence-electron chi connectivity index (χ4n) is 3.90. The van der Waals surface area contributed by atoms with Gasteiger partial charge in [-0.25, -0.2) is 13.9 Å². The van der Waals surface area contributed by atoms with E-state index < -0.39 is 5.69 Å². The lowest BCUT2D eigenvalue weighted by Crippen LogP contribution is -2.28. The molecule has 10 heteroatoms. The average Bonchev–Trinajstić information content (AvgIpc) is 3.46. The number of aromatic nitrogens is 5. The molecule has 0 aliphatic heterocycles. The fraction of sp³-hybridized carbons (Fsp3) is 0.160. The number of nitrogens with one attached hydrogen (secondary N) is 1. The summed E-state index contributed by atoms with van der Waals surface area (Å²) < 4.78 is 7.91. The first-order valence-electron chi connectivity index (χ1n) is 11.0. The van der Waals surface area contributed by atoms with Gasteiger partial charge in [0.2, 0.25) is 11.7 Å². The topological polar surface area (TPSA) is 107 Å². The Bertz CT molecular complexity index is 1620. The van der Waals surface area contributed by atoms with Gasteiger partial charge in [-0.3, -0.25) is 4.79 Å². The van der Waals surface area contributed by atoms with Crippen molar-refractivity contribution in [3.05, 3.63) is 87.4 Å². The highest BCUT2D eigenvalue weighted by Gasteiger charge is 2.19. The van der Waals surface area contributed by atoms with Gasteiger partial charge in [0.1, 0.15) is 6.54 Å². The summed E-state index contributed by atoms with van der Waals surface area (Å²) >= 11 is 6.07. The van der Waals surface area contributed by atoms with Crippen LogP contribution in [-0.2, 0) is 17.8 Å². The Morgan fingerprint density at radius 2 is 1.97 bits per heavy atom. The van der Waals surface area contributed by atoms with E-state index in [1.54, 1.807) is 36.5 Å². The molecule has 0 aliphatic rings. The summed E-state index contributed by atoms with van der Waals surface area (Å²) in [6.07, 6.45) is 2.35. The van der Waals surface area contributed by atoms with Gasteiger partial charge in [-0.2, -0.15) is 4.98 Å². The van der Waals surface area contributed by atoms with Crippen molar-refractivity contribution in [2.45, 2.75) is 26.8 Å². The van der Waals surface area contributed by atoms with E-state index in [0.717, 1.165) is 27.9 Å². The van der Waals surface area contributed by atoms with Crippen LogP contribution < -0.4 is 11.0 Å². The van der Waals surface area contributed by atoms with Gasteiger partial charge in [0.15, 0.2) is 5.65 Å². The van der Waals surface area contributed by atoms with Gasteiger partial charge < -0.3 is 9.84 Å². The summed E-state index contributed by atoms with van der Waals surface area (Å²) in [4.78, 5) is 30.2. The minimum absolute atomic E-state index is 0.194. The van der Waals surface area contributed by atoms with Crippen molar-refractivity contribution in [3.63, 3.8) is 0 Å². The largest absolute Gasteiger partial charge is 0.350 e. The highest BCUT2D eigenvalue weighted by Crippen LogP contribution is 2.26. The Kier molecular flexibility index (Phi) is 5.92. The fourth-order valence-corrected chi connectivity index (χ4v) is 4.09. The van der Waals surface area contributed by atoms with Gasteiger partial charge in [0.05, 0.1) is 5.56 Å². The Morgan fingerprint density at radius 1 is 1.14 bits per heavy atom. The van der Waals surface area contributed by atoms with Crippen LogP contribution in [0.4, 0.5) is 5.69 Å². The number of halogens is 1. The summed E-state index contributed by atoms with van der Waals surface area (Å²) in [6.45, 7) is 3.71. The second kappa shape index (κ2) is 9.19. The van der Waals surface area contributed by atoms with Crippen LogP contribution in [0.1, 0.15) is 18.1 Å². The van der Waals surface area contributed by atoms with Crippen molar-refractivity contribution >= 4 is 28.8 Å². The Hall–Kier alpha value is -4.24. The second-order valence-electron chi connectivity index (χ2n) is 8.00. The van der Waals surface area contributed by atoms with Crippen molar-refractivity contribution in [1.29, 1.82) is 0 Å². The quantitative estimate of drug-likeness (QED) is 0.380. The molecule has 0 aliphatic carbocycles. The molecule has 5 aromatic rings. The van der Waals surface area contributed by atoms with Crippen LogP contribution in [0.25, 0.3) is 28.5 Å². The van der Waals surface area contributed by atoms with E-state index >= 15 is 0 Å². The van der Waals surface area contributed by atoms with Gasteiger partial charge in [-0.05, 0) is 48.7 Å². The molecule has 3 aromatic heterocycles. The van der Waals surface area contributed by atoms with E-state index in [1.165, 1.54) is 4.40 Å². The molecule has 0 atom stereocenters. The number of anilines is 1. The van der Waals surface area contributed by atoms with Crippen LogP contribution in [0.2, 0.25) is 5.02 Å². The predicted molar refractivity (Wildman–Crippen MR) is 132 cm³/mol. The molecule has 1 amide bonds. The lowest BCUT2D eigenvalue weighted by atomic mass is 10.1. The predicted octanol–water partition coefficient (Wildman–Crippen LogP) is 4.38. The maximum atomic E-state index is 13.0. The van der Waals surface area contributed by atoms with Crippen LogP contribution >= 0.6 is 11.6 Å². The molecule has 1 N–H and O–H groups in total. The monoisotopic (exact) mass is 488 g/mol. The number of fused-ring (bicyclic) bond motifs is 1. The first kappa shape index (κ1) is 22.5. The number of hydrogen-bond donors (Lipinski definition) is 1. The molecule has 0 saturated carbocycles. The van der Waals surface area contributed by atoms with E-state index in [2.05, 4.69) is 20.6 Å². The van der Waals surface area contributed by atoms with E-state index in [0.29, 0.717) is 27.6 Å². The van der Waals surface area contributed by atoms with Crippen LogP contribution in [0, 0.1) is 6.92 Å². The average molecular weight is 489 g/mol. The molecule has 3 heterocycles. The lowest BCUT2D eigenvalue weighted by Gasteiger charge is -2.12. The van der Waals surface area contributed by atoms with Gasteiger partial charge in [0.25, 0.3) is 5.89 Å². The van der Waals surface area contributed by atoms with Crippen LogP contribution in [0.3, 0.4) is 0 Å². The smallest absolute Gasteiger partial charge is 0.333 e. The second-order valence-corrected chi connectivity index (χ2v) is 8.44. The Balaban J connectivity index is 1.46. The Morgan fingerprint density at radius 3 is 2.77 bits per heavy atom. The molecular formula is C25H21ClN6O3. The highest BCUT2D eigenvalue weighted by atomic mass is 35.5. The normalized spacial score (nSPS) is 11.2. The van der Waals surface area contributed by atoms with Crippen molar-refractivity contribution in [3.8, 4) is 22.8 Å². The molecule has 0 unspecified atom stereocenters. The highest BCUT2D eigenvalue weighted by molar-refractivity contribution is 6.30. The summed E-state index contributed by atoms with van der Waals surface area (Å²) in [5.74, 6) is 0.206. The Labute approximate surface area is 205 Å². The number of amides is 1. The van der Waals surface area contributed by atoms with E-state index in [4.69, 9.17) is 16.1 Å². The number of hydrogen-bond acceptors (Lipinski definition) is 6. The molecule has 35 heavy (non-hydrogen) atoms. The number of pyridine rings is 1. The third-order valence-corrected chi connectivity index (χ3v) is 5.88. The molecular weight excluding hydrogens is 468 g/mol. The first-order chi connectivity index (χ1) is 16.9. The number of para-hydroxylation sites is 1. The van der Waals surface area contributed by atoms with Gasteiger partial charge >= 0.3 is 5.69 Å². The zero-order chi connectivity index (χ0) is 24.5. The zero-order valence-electron chi connectivity index (χ0n) is 19.0. The number of rotatable bonds is 6. The molecule has 176 valence electrons. The van der Waals surface area contributed by atoms with Crippen molar-refractivity contribution in [2.24, 2.45) is 0 Å². The molecule has 5 rings (SSSR count). The van der Waals surface area contributed by atoms with Crippen LogP contribution in [0.5, 0.6) is 0 Å². The minimum atomic E-state index is -0.452. The lowest BCUT2D eigenvalue weighted by molar-refractivity contribution is -0.117. The number of carbonyl (C=O) groups excluding carboxylic acids is 1. The number of carbonyl (C=O) groups is 1. The molecule has 0 saturated heterocycles.